The van der Waals surface area contributed by atoms with Gasteiger partial charge in [-0.1, -0.05) is 142 Å². The Kier molecular flexibility index (Phi) is 11.3. The van der Waals surface area contributed by atoms with Gasteiger partial charge in [0, 0.05) is 48.3 Å². The van der Waals surface area contributed by atoms with E-state index in [1.165, 1.54) is 27.9 Å². The Bertz CT molecular complexity index is 3230. The van der Waals surface area contributed by atoms with Crippen LogP contribution < -0.4 is 0 Å². The van der Waals surface area contributed by atoms with Crippen LogP contribution in [0.2, 0.25) is 0 Å². The molecule has 11 aromatic rings. The van der Waals surface area contributed by atoms with Crippen molar-refractivity contribution in [3.63, 3.8) is 0 Å². The Balaban J connectivity index is 0.000000325. The van der Waals surface area contributed by atoms with Gasteiger partial charge >= 0.3 is 0 Å². The monoisotopic (exact) mass is 982 g/mol. The summed E-state index contributed by atoms with van der Waals surface area (Å²) in [6, 6.07) is 64.9. The van der Waals surface area contributed by atoms with Crippen molar-refractivity contribution in [3.8, 4) is 50.8 Å². The maximum Gasteiger partial charge on any atom is 0.123 e. The molecular weight excluding hydrogens is 939 g/mol. The van der Waals surface area contributed by atoms with Gasteiger partial charge in [-0.05, 0) is 81.7 Å². The van der Waals surface area contributed by atoms with Gasteiger partial charge in [0.1, 0.15) is 5.58 Å². The molecule has 4 aromatic heterocycles. The molecular formula is C56H43IrN3O2-2. The van der Waals surface area contributed by atoms with Crippen LogP contribution >= 0.6 is 0 Å². The standard InChI is InChI=1S/C45H35N2O2.C11H8N.Ir/c1-27(2)34-23-31(29-15-7-5-8-16-29)24-35(28(3)4)42(34)47-38-21-13-12-20-37(38)46-45(47)36-25-32-26-40(30-17-9-6-10-18-30)49-43(32)41-33-19-11-14-22-39(33)48-44(36)41;1-2-6-10(7-3-1)11-8-4-5-9-12-11;/h5-24,26-28H,1-4H3;1-6,8-9H;/q2*-1;. The van der Waals surface area contributed by atoms with E-state index in [2.05, 4.69) is 140 Å². The van der Waals surface area contributed by atoms with Gasteiger partial charge in [0.25, 0.3) is 0 Å². The second-order valence-electron chi connectivity index (χ2n) is 16.0. The summed E-state index contributed by atoms with van der Waals surface area (Å²) >= 11 is 0. The predicted octanol–water partition coefficient (Wildman–Crippen LogP) is 15.3. The first kappa shape index (κ1) is 40.5. The Morgan fingerprint density at radius 3 is 1.95 bits per heavy atom. The summed E-state index contributed by atoms with van der Waals surface area (Å²) in [5, 5.41) is 2.83. The van der Waals surface area contributed by atoms with Crippen molar-refractivity contribution in [1.29, 1.82) is 0 Å². The van der Waals surface area contributed by atoms with E-state index in [-0.39, 0.29) is 31.9 Å². The molecule has 305 valence electrons. The Hall–Kier alpha value is -6.85. The molecule has 0 fully saturated rings. The molecule has 62 heavy (non-hydrogen) atoms. The van der Waals surface area contributed by atoms with Crippen LogP contribution in [-0.2, 0) is 20.1 Å². The molecule has 0 saturated heterocycles. The number of aromatic nitrogens is 3. The molecule has 0 N–H and O–H groups in total. The van der Waals surface area contributed by atoms with E-state index in [4.69, 9.17) is 13.8 Å². The van der Waals surface area contributed by atoms with Gasteiger partial charge in [-0.25, -0.2) is 0 Å². The number of pyridine rings is 1. The number of nitrogens with zero attached hydrogens (tertiary/aromatic N) is 3. The van der Waals surface area contributed by atoms with Gasteiger partial charge in [0.05, 0.1) is 33.8 Å². The largest absolute Gasteiger partial charge is 0.499 e. The number of rotatable bonds is 7. The molecule has 7 aromatic carbocycles. The first-order chi connectivity index (χ1) is 29.9. The fourth-order valence-electron chi connectivity index (χ4n) is 8.32. The summed E-state index contributed by atoms with van der Waals surface area (Å²) < 4.78 is 15.7. The van der Waals surface area contributed by atoms with Crippen LogP contribution in [0.4, 0.5) is 0 Å². The van der Waals surface area contributed by atoms with Crippen LogP contribution in [0.1, 0.15) is 50.7 Å². The number of imidazole rings is 1. The van der Waals surface area contributed by atoms with Crippen LogP contribution in [0, 0.1) is 12.1 Å². The SMILES string of the molecule is CC(C)c1cc(-c2ccccc2)cc(C(C)C)c1-n1c(-c2[c-]c3cc(-c4ccccc4)oc3c3c2oc2ccccc23)nc2ccccc21.[Ir].[c-]1ccccc1-c1ccccn1. The van der Waals surface area contributed by atoms with E-state index in [0.29, 0.717) is 0 Å². The summed E-state index contributed by atoms with van der Waals surface area (Å²) in [5.74, 6) is 2.10. The van der Waals surface area contributed by atoms with Crippen LogP contribution in [0.5, 0.6) is 0 Å². The molecule has 1 radical (unpaired) electrons. The third-order valence-corrected chi connectivity index (χ3v) is 11.3. The number of benzene rings is 7. The predicted molar refractivity (Wildman–Crippen MR) is 250 cm³/mol. The normalized spacial score (nSPS) is 11.4. The first-order valence-corrected chi connectivity index (χ1v) is 20.9. The number of fused-ring (bicyclic) bond motifs is 6. The van der Waals surface area contributed by atoms with Crippen molar-refractivity contribution >= 4 is 43.9 Å². The molecule has 0 aliphatic carbocycles. The van der Waals surface area contributed by atoms with E-state index in [1.54, 1.807) is 6.20 Å². The minimum Gasteiger partial charge on any atom is -0.499 e. The van der Waals surface area contributed by atoms with Gasteiger partial charge in [0.15, 0.2) is 0 Å². The first-order valence-electron chi connectivity index (χ1n) is 20.9. The van der Waals surface area contributed by atoms with Crippen LogP contribution in [-0.4, -0.2) is 14.5 Å². The Morgan fingerprint density at radius 1 is 0.597 bits per heavy atom. The second kappa shape index (κ2) is 17.3. The van der Waals surface area contributed by atoms with Gasteiger partial charge in [-0.15, -0.1) is 42.0 Å². The van der Waals surface area contributed by atoms with E-state index in [0.717, 1.165) is 77.9 Å². The summed E-state index contributed by atoms with van der Waals surface area (Å²) in [5.41, 5.74) is 14.2. The zero-order valence-electron chi connectivity index (χ0n) is 34.9. The molecule has 0 bridgehead atoms. The van der Waals surface area contributed by atoms with Crippen LogP contribution in [0.15, 0.2) is 185 Å². The van der Waals surface area contributed by atoms with Crippen molar-refractivity contribution in [2.75, 3.05) is 0 Å². The van der Waals surface area contributed by atoms with E-state index in [9.17, 15) is 0 Å². The minimum atomic E-state index is 0. The average Bonchev–Trinajstić information content (AvgIpc) is 4.03. The summed E-state index contributed by atoms with van der Waals surface area (Å²) in [4.78, 5) is 9.59. The van der Waals surface area contributed by atoms with Crippen molar-refractivity contribution in [2.24, 2.45) is 0 Å². The summed E-state index contributed by atoms with van der Waals surface area (Å²) in [7, 11) is 0. The zero-order valence-corrected chi connectivity index (χ0v) is 37.3. The molecule has 0 unspecified atom stereocenters. The maximum absolute atomic E-state index is 6.74. The number of para-hydroxylation sites is 3. The van der Waals surface area contributed by atoms with Gasteiger partial charge in [-0.2, -0.15) is 0 Å². The van der Waals surface area contributed by atoms with Gasteiger partial charge in [-0.3, -0.25) is 4.98 Å². The Morgan fingerprint density at radius 2 is 1.26 bits per heavy atom. The number of hydrogen-bond donors (Lipinski definition) is 0. The third kappa shape index (κ3) is 7.47. The summed E-state index contributed by atoms with van der Waals surface area (Å²) in [6.45, 7) is 9.12. The second-order valence-corrected chi connectivity index (χ2v) is 16.0. The molecule has 0 aliphatic heterocycles. The molecule has 0 saturated carbocycles. The number of furan rings is 2. The van der Waals surface area contributed by atoms with Gasteiger partial charge in [0.2, 0.25) is 0 Å². The molecule has 4 heterocycles. The topological polar surface area (TPSA) is 57.0 Å². The van der Waals surface area contributed by atoms with Crippen molar-refractivity contribution in [3.05, 3.63) is 199 Å². The molecule has 0 amide bonds. The van der Waals surface area contributed by atoms with Gasteiger partial charge < -0.3 is 18.4 Å². The minimum absolute atomic E-state index is 0. The molecule has 0 spiro atoms. The van der Waals surface area contributed by atoms with E-state index in [1.807, 2.05) is 78.9 Å². The fourth-order valence-corrected chi connectivity index (χ4v) is 8.32. The maximum atomic E-state index is 6.74. The third-order valence-electron chi connectivity index (χ3n) is 11.3. The molecule has 5 nitrogen and oxygen atoms in total. The molecule has 6 heteroatoms. The van der Waals surface area contributed by atoms with Crippen LogP contribution in [0.25, 0.3) is 94.7 Å². The van der Waals surface area contributed by atoms with Crippen molar-refractivity contribution in [2.45, 2.75) is 39.5 Å². The zero-order chi connectivity index (χ0) is 41.5. The van der Waals surface area contributed by atoms with E-state index >= 15 is 0 Å². The molecule has 0 atom stereocenters. The molecule has 11 rings (SSSR count). The fraction of sp³-hybridized carbons (Fsp3) is 0.107. The van der Waals surface area contributed by atoms with Crippen LogP contribution in [0.3, 0.4) is 0 Å². The Labute approximate surface area is 375 Å². The summed E-state index contributed by atoms with van der Waals surface area (Å²) in [6.07, 6.45) is 1.79. The van der Waals surface area contributed by atoms with E-state index < -0.39 is 0 Å². The van der Waals surface area contributed by atoms with Crippen molar-refractivity contribution < 1.29 is 28.9 Å². The average molecular weight is 982 g/mol. The van der Waals surface area contributed by atoms with Crippen molar-refractivity contribution in [1.82, 2.24) is 14.5 Å². The quantitative estimate of drug-likeness (QED) is 0.149. The number of hydrogen-bond acceptors (Lipinski definition) is 4. The molecule has 0 aliphatic rings. The smallest absolute Gasteiger partial charge is 0.123 e.